The number of aliphatic hydroxyl groups is 1. The number of amides is 2. The maximum Gasteiger partial charge on any atom is 0.321 e. The fraction of sp³-hybridized carbons (Fsp3) is 0.600. The molecule has 1 aromatic rings. The fourth-order valence-electron chi connectivity index (χ4n) is 1.91. The summed E-state index contributed by atoms with van der Waals surface area (Å²) in [4.78, 5) is 15.4. The summed E-state index contributed by atoms with van der Waals surface area (Å²) in [6.07, 6.45) is 4.25. The summed E-state index contributed by atoms with van der Waals surface area (Å²) >= 11 is 1.38. The summed E-state index contributed by atoms with van der Waals surface area (Å²) in [6.45, 7) is 0.526. The van der Waals surface area contributed by atoms with Crippen molar-refractivity contribution in [3.8, 4) is 0 Å². The number of aromatic nitrogens is 1. The van der Waals surface area contributed by atoms with Gasteiger partial charge in [-0.2, -0.15) is 0 Å². The second kappa shape index (κ2) is 5.27. The van der Waals surface area contributed by atoms with E-state index in [2.05, 4.69) is 15.6 Å². The third kappa shape index (κ3) is 2.93. The number of urea groups is 1. The first-order valence-electron chi connectivity index (χ1n) is 5.38. The van der Waals surface area contributed by atoms with Gasteiger partial charge in [-0.25, -0.2) is 9.78 Å². The molecule has 2 unspecified atom stereocenters. The molecule has 5 nitrogen and oxygen atoms in total. The highest BCUT2D eigenvalue weighted by molar-refractivity contribution is 7.13. The van der Waals surface area contributed by atoms with Crippen LogP contribution in [0.5, 0.6) is 0 Å². The molecule has 0 saturated heterocycles. The zero-order valence-electron chi connectivity index (χ0n) is 8.85. The maximum absolute atomic E-state index is 11.4. The highest BCUT2D eigenvalue weighted by Crippen LogP contribution is 2.24. The topological polar surface area (TPSA) is 74.2 Å². The molecule has 88 valence electrons. The van der Waals surface area contributed by atoms with Crippen LogP contribution in [-0.2, 0) is 0 Å². The summed E-state index contributed by atoms with van der Waals surface area (Å²) in [5, 5.41) is 17.4. The van der Waals surface area contributed by atoms with Gasteiger partial charge in [-0.05, 0) is 12.8 Å². The van der Waals surface area contributed by atoms with Crippen molar-refractivity contribution < 1.29 is 9.90 Å². The van der Waals surface area contributed by atoms with E-state index >= 15 is 0 Å². The molecule has 16 heavy (non-hydrogen) atoms. The minimum absolute atomic E-state index is 0.196. The van der Waals surface area contributed by atoms with Crippen molar-refractivity contribution in [1.29, 1.82) is 0 Å². The van der Waals surface area contributed by atoms with Crippen LogP contribution in [0.2, 0.25) is 0 Å². The SMILES string of the molecule is O=C(NCC1CCCC1O)Nc1nccs1. The van der Waals surface area contributed by atoms with Gasteiger partial charge in [-0.15, -0.1) is 11.3 Å². The lowest BCUT2D eigenvalue weighted by molar-refractivity contribution is 0.133. The molecule has 6 heteroatoms. The lowest BCUT2D eigenvalue weighted by Gasteiger charge is -2.14. The van der Waals surface area contributed by atoms with Crippen molar-refractivity contribution in [1.82, 2.24) is 10.3 Å². The first-order valence-corrected chi connectivity index (χ1v) is 6.26. The maximum atomic E-state index is 11.4. The van der Waals surface area contributed by atoms with Crippen molar-refractivity contribution in [2.24, 2.45) is 5.92 Å². The highest BCUT2D eigenvalue weighted by Gasteiger charge is 2.25. The van der Waals surface area contributed by atoms with Crippen molar-refractivity contribution in [3.63, 3.8) is 0 Å². The summed E-state index contributed by atoms with van der Waals surface area (Å²) in [5.41, 5.74) is 0. The first-order chi connectivity index (χ1) is 7.75. The van der Waals surface area contributed by atoms with Gasteiger partial charge in [0.2, 0.25) is 0 Å². The number of hydrogen-bond donors (Lipinski definition) is 3. The van der Waals surface area contributed by atoms with Gasteiger partial charge in [0, 0.05) is 24.0 Å². The molecule has 0 spiro atoms. The molecular weight excluding hydrogens is 226 g/mol. The lowest BCUT2D eigenvalue weighted by atomic mass is 10.1. The number of carbonyl (C=O) groups is 1. The van der Waals surface area contributed by atoms with Crippen LogP contribution in [-0.4, -0.2) is 28.8 Å². The number of aliphatic hydroxyl groups excluding tert-OH is 1. The van der Waals surface area contributed by atoms with Crippen LogP contribution in [0.25, 0.3) is 0 Å². The van der Waals surface area contributed by atoms with Gasteiger partial charge in [-0.1, -0.05) is 6.42 Å². The molecule has 1 aromatic heterocycles. The van der Waals surface area contributed by atoms with Crippen molar-refractivity contribution in [3.05, 3.63) is 11.6 Å². The molecule has 0 aliphatic heterocycles. The third-order valence-corrected chi connectivity index (χ3v) is 3.49. The van der Waals surface area contributed by atoms with Gasteiger partial charge in [0.15, 0.2) is 5.13 Å². The van der Waals surface area contributed by atoms with Gasteiger partial charge in [0.05, 0.1) is 6.10 Å². The van der Waals surface area contributed by atoms with E-state index in [0.717, 1.165) is 19.3 Å². The Bertz CT molecular complexity index is 342. The predicted octanol–water partition coefficient (Wildman–Crippen LogP) is 1.43. The zero-order valence-corrected chi connectivity index (χ0v) is 9.67. The monoisotopic (exact) mass is 241 g/mol. The summed E-state index contributed by atoms with van der Waals surface area (Å²) in [6, 6.07) is -0.256. The number of thiazole rings is 1. The van der Waals surface area contributed by atoms with Crippen LogP contribution in [0.3, 0.4) is 0 Å². The predicted molar refractivity (Wildman–Crippen MR) is 62.5 cm³/mol. The zero-order chi connectivity index (χ0) is 11.4. The second-order valence-electron chi connectivity index (χ2n) is 3.93. The minimum atomic E-state index is -0.264. The molecule has 2 atom stereocenters. The molecule has 0 aromatic carbocycles. The number of hydrogen-bond acceptors (Lipinski definition) is 4. The van der Waals surface area contributed by atoms with Crippen LogP contribution in [0, 0.1) is 5.92 Å². The van der Waals surface area contributed by atoms with E-state index in [1.807, 2.05) is 0 Å². The average Bonchev–Trinajstić information content (AvgIpc) is 2.87. The summed E-state index contributed by atoms with van der Waals surface area (Å²) in [5.74, 6) is 0.196. The van der Waals surface area contributed by atoms with E-state index in [0.29, 0.717) is 11.7 Å². The van der Waals surface area contributed by atoms with E-state index in [4.69, 9.17) is 0 Å². The molecule has 1 aliphatic rings. The molecule has 1 saturated carbocycles. The summed E-state index contributed by atoms with van der Waals surface area (Å²) < 4.78 is 0. The average molecular weight is 241 g/mol. The molecule has 3 N–H and O–H groups in total. The molecule has 0 bridgehead atoms. The van der Waals surface area contributed by atoms with Gasteiger partial charge in [-0.3, -0.25) is 5.32 Å². The minimum Gasteiger partial charge on any atom is -0.393 e. The number of nitrogens with zero attached hydrogens (tertiary/aromatic N) is 1. The fourth-order valence-corrected chi connectivity index (χ4v) is 2.43. The standard InChI is InChI=1S/C10H15N3O2S/c14-8-3-1-2-7(8)6-12-9(15)13-10-11-4-5-16-10/h4-5,7-8,14H,1-3,6H2,(H2,11,12,13,15). The largest absolute Gasteiger partial charge is 0.393 e. The second-order valence-corrected chi connectivity index (χ2v) is 4.83. The van der Waals surface area contributed by atoms with Crippen LogP contribution in [0.1, 0.15) is 19.3 Å². The van der Waals surface area contributed by atoms with Crippen LogP contribution >= 0.6 is 11.3 Å². The molecule has 2 amide bonds. The highest BCUT2D eigenvalue weighted by atomic mass is 32.1. The molecule has 2 rings (SSSR count). The lowest BCUT2D eigenvalue weighted by Crippen LogP contribution is -2.35. The van der Waals surface area contributed by atoms with E-state index in [1.54, 1.807) is 11.6 Å². The van der Waals surface area contributed by atoms with Crippen LogP contribution in [0.4, 0.5) is 9.93 Å². The van der Waals surface area contributed by atoms with Crippen LogP contribution < -0.4 is 10.6 Å². The Labute approximate surface area is 97.9 Å². The molecular formula is C10H15N3O2S. The number of carbonyl (C=O) groups excluding carboxylic acids is 1. The smallest absolute Gasteiger partial charge is 0.321 e. The van der Waals surface area contributed by atoms with E-state index in [1.165, 1.54) is 11.3 Å². The Balaban J connectivity index is 1.71. The Kier molecular flexibility index (Phi) is 3.74. The van der Waals surface area contributed by atoms with Gasteiger partial charge in [0.25, 0.3) is 0 Å². The molecule has 1 fully saturated rings. The normalized spacial score (nSPS) is 24.3. The Morgan fingerprint density at radius 3 is 3.12 bits per heavy atom. The molecule has 1 aliphatic carbocycles. The molecule has 1 heterocycles. The summed E-state index contributed by atoms with van der Waals surface area (Å²) in [7, 11) is 0. The quantitative estimate of drug-likeness (QED) is 0.749. The Hall–Kier alpha value is -1.14. The van der Waals surface area contributed by atoms with Gasteiger partial charge >= 0.3 is 6.03 Å². The van der Waals surface area contributed by atoms with E-state index in [-0.39, 0.29) is 18.1 Å². The van der Waals surface area contributed by atoms with Crippen molar-refractivity contribution >= 4 is 22.5 Å². The van der Waals surface area contributed by atoms with E-state index < -0.39 is 0 Å². The number of anilines is 1. The van der Waals surface area contributed by atoms with Gasteiger partial charge in [0.1, 0.15) is 0 Å². The number of nitrogens with one attached hydrogen (secondary N) is 2. The third-order valence-electron chi connectivity index (χ3n) is 2.80. The van der Waals surface area contributed by atoms with Crippen molar-refractivity contribution in [2.45, 2.75) is 25.4 Å². The Morgan fingerprint density at radius 2 is 2.50 bits per heavy atom. The van der Waals surface area contributed by atoms with Crippen molar-refractivity contribution in [2.75, 3.05) is 11.9 Å². The van der Waals surface area contributed by atoms with E-state index in [9.17, 15) is 9.90 Å². The molecule has 0 radical (unpaired) electrons. The Morgan fingerprint density at radius 1 is 1.62 bits per heavy atom. The van der Waals surface area contributed by atoms with Crippen LogP contribution in [0.15, 0.2) is 11.6 Å². The number of rotatable bonds is 3. The van der Waals surface area contributed by atoms with Gasteiger partial charge < -0.3 is 10.4 Å². The first kappa shape index (κ1) is 11.3.